The number of aromatic nitrogens is 3. The van der Waals surface area contributed by atoms with Crippen molar-refractivity contribution in [1.29, 1.82) is 0 Å². The number of allylic oxidation sites excluding steroid dienone is 1. The van der Waals surface area contributed by atoms with Crippen LogP contribution in [-0.2, 0) is 17.9 Å². The molecular weight excluding hydrogens is 441 g/mol. The Morgan fingerprint density at radius 1 is 1.23 bits per heavy atom. The lowest BCUT2D eigenvalue weighted by molar-refractivity contribution is -0.113. The molecule has 2 aromatic carbocycles. The summed E-state index contributed by atoms with van der Waals surface area (Å²) in [5, 5.41) is 16.6. The third-order valence-corrected chi connectivity index (χ3v) is 5.87. The number of anilines is 2. The molecule has 156 valence electrons. The van der Waals surface area contributed by atoms with Crippen molar-refractivity contribution in [1.82, 2.24) is 14.8 Å². The summed E-state index contributed by atoms with van der Waals surface area (Å²) < 4.78 is 1.92. The number of hydrogen-bond acceptors (Lipinski definition) is 5. The van der Waals surface area contributed by atoms with E-state index >= 15 is 0 Å². The Hall–Kier alpha value is -2.48. The molecule has 0 aliphatic carbocycles. The molecule has 0 fully saturated rings. The number of hydrogen-bond donors (Lipinski definition) is 2. The van der Waals surface area contributed by atoms with Crippen LogP contribution in [0.3, 0.4) is 0 Å². The molecular formula is C21H21Cl2N5OS. The smallest absolute Gasteiger partial charge is 0.234 e. The minimum absolute atomic E-state index is 0.142. The SMILES string of the molecule is C=CCn1c(CNc2cccc(Cl)c2)nnc1SCC(=O)Nc1cccc(Cl)c1C. The zero-order valence-electron chi connectivity index (χ0n) is 16.4. The minimum atomic E-state index is -0.142. The summed E-state index contributed by atoms with van der Waals surface area (Å²) in [6.07, 6.45) is 1.77. The minimum Gasteiger partial charge on any atom is -0.378 e. The molecule has 6 nitrogen and oxygen atoms in total. The predicted octanol–water partition coefficient (Wildman–Crippen LogP) is 5.42. The van der Waals surface area contributed by atoms with Crippen LogP contribution >= 0.6 is 35.0 Å². The van der Waals surface area contributed by atoms with Crippen molar-refractivity contribution in [3.63, 3.8) is 0 Å². The highest BCUT2D eigenvalue weighted by Crippen LogP contribution is 2.24. The second-order valence-corrected chi connectivity index (χ2v) is 8.20. The molecule has 3 rings (SSSR count). The van der Waals surface area contributed by atoms with Crippen molar-refractivity contribution >= 4 is 52.2 Å². The van der Waals surface area contributed by atoms with E-state index in [-0.39, 0.29) is 11.7 Å². The molecule has 1 aromatic heterocycles. The summed E-state index contributed by atoms with van der Waals surface area (Å²) in [7, 11) is 0. The van der Waals surface area contributed by atoms with Crippen LogP contribution in [0, 0.1) is 6.92 Å². The zero-order chi connectivity index (χ0) is 21.5. The molecule has 9 heteroatoms. The van der Waals surface area contributed by atoms with Crippen LogP contribution in [-0.4, -0.2) is 26.4 Å². The first-order valence-corrected chi connectivity index (χ1v) is 10.9. The maximum absolute atomic E-state index is 12.4. The molecule has 0 bridgehead atoms. The number of halogens is 2. The first kappa shape index (κ1) is 22.2. The predicted molar refractivity (Wildman–Crippen MR) is 125 cm³/mol. The van der Waals surface area contributed by atoms with E-state index in [9.17, 15) is 4.79 Å². The Labute approximate surface area is 189 Å². The van der Waals surface area contributed by atoms with Crippen molar-refractivity contribution in [3.8, 4) is 0 Å². The lowest BCUT2D eigenvalue weighted by atomic mass is 10.2. The van der Waals surface area contributed by atoms with Gasteiger partial charge in [-0.25, -0.2) is 0 Å². The third kappa shape index (κ3) is 5.78. The van der Waals surface area contributed by atoms with Gasteiger partial charge in [0.05, 0.1) is 12.3 Å². The van der Waals surface area contributed by atoms with Gasteiger partial charge in [-0.15, -0.1) is 16.8 Å². The van der Waals surface area contributed by atoms with Crippen molar-refractivity contribution in [3.05, 3.63) is 76.6 Å². The highest BCUT2D eigenvalue weighted by molar-refractivity contribution is 7.99. The molecule has 0 spiro atoms. The molecule has 0 aliphatic heterocycles. The van der Waals surface area contributed by atoms with E-state index < -0.39 is 0 Å². The number of nitrogens with one attached hydrogen (secondary N) is 2. The molecule has 0 unspecified atom stereocenters. The molecule has 0 saturated heterocycles. The topological polar surface area (TPSA) is 71.8 Å². The molecule has 0 aliphatic rings. The highest BCUT2D eigenvalue weighted by atomic mass is 35.5. The second-order valence-electron chi connectivity index (χ2n) is 6.41. The summed E-state index contributed by atoms with van der Waals surface area (Å²) in [5.74, 6) is 0.795. The molecule has 1 heterocycles. The zero-order valence-corrected chi connectivity index (χ0v) is 18.7. The van der Waals surface area contributed by atoms with E-state index in [1.165, 1.54) is 11.8 Å². The van der Waals surface area contributed by atoms with E-state index in [4.69, 9.17) is 23.2 Å². The number of nitrogens with zero attached hydrogens (tertiary/aromatic N) is 3. The van der Waals surface area contributed by atoms with E-state index in [2.05, 4.69) is 27.4 Å². The van der Waals surface area contributed by atoms with Crippen LogP contribution in [0.5, 0.6) is 0 Å². The number of thioether (sulfide) groups is 1. The third-order valence-electron chi connectivity index (χ3n) is 4.25. The standard InChI is InChI=1S/C21H21Cl2N5OS/c1-3-10-28-19(12-24-16-7-4-6-15(22)11-16)26-27-21(28)30-13-20(29)25-18-9-5-8-17(23)14(18)2/h3-9,11,24H,1,10,12-13H2,2H3,(H,25,29). The summed E-state index contributed by atoms with van der Waals surface area (Å²) >= 11 is 13.5. The van der Waals surface area contributed by atoms with E-state index in [1.807, 2.05) is 41.8 Å². The Morgan fingerprint density at radius 2 is 2.03 bits per heavy atom. The Kier molecular flexibility index (Phi) is 7.79. The lowest BCUT2D eigenvalue weighted by Crippen LogP contribution is -2.16. The maximum atomic E-state index is 12.4. The number of carbonyl (C=O) groups excluding carboxylic acids is 1. The number of benzene rings is 2. The van der Waals surface area contributed by atoms with Gasteiger partial charge >= 0.3 is 0 Å². The molecule has 2 N–H and O–H groups in total. The summed E-state index contributed by atoms with van der Waals surface area (Å²) in [4.78, 5) is 12.4. The van der Waals surface area contributed by atoms with Gasteiger partial charge in [0.25, 0.3) is 0 Å². The second kappa shape index (κ2) is 10.5. The fraction of sp³-hybridized carbons (Fsp3) is 0.190. The summed E-state index contributed by atoms with van der Waals surface area (Å²) in [5.41, 5.74) is 2.43. The molecule has 0 radical (unpaired) electrons. The monoisotopic (exact) mass is 461 g/mol. The first-order chi connectivity index (χ1) is 14.5. The van der Waals surface area contributed by atoms with E-state index in [0.29, 0.717) is 34.0 Å². The van der Waals surface area contributed by atoms with Crippen LogP contribution in [0.2, 0.25) is 10.0 Å². The molecule has 0 atom stereocenters. The van der Waals surface area contributed by atoms with Crippen LogP contribution in [0.25, 0.3) is 0 Å². The van der Waals surface area contributed by atoms with Gasteiger partial charge in [0.1, 0.15) is 0 Å². The van der Waals surface area contributed by atoms with E-state index in [1.54, 1.807) is 18.2 Å². The van der Waals surface area contributed by atoms with Gasteiger partial charge in [0.2, 0.25) is 5.91 Å². The van der Waals surface area contributed by atoms with Gasteiger partial charge in [-0.3, -0.25) is 4.79 Å². The lowest BCUT2D eigenvalue weighted by Gasteiger charge is -2.11. The van der Waals surface area contributed by atoms with Crippen LogP contribution < -0.4 is 10.6 Å². The summed E-state index contributed by atoms with van der Waals surface area (Å²) in [6, 6.07) is 12.9. The normalized spacial score (nSPS) is 10.6. The highest BCUT2D eigenvalue weighted by Gasteiger charge is 2.14. The van der Waals surface area contributed by atoms with Crippen molar-refractivity contribution in [2.75, 3.05) is 16.4 Å². The Bertz CT molecular complexity index is 1050. The molecule has 30 heavy (non-hydrogen) atoms. The first-order valence-electron chi connectivity index (χ1n) is 9.18. The fourth-order valence-corrected chi connectivity index (χ4v) is 3.84. The van der Waals surface area contributed by atoms with Gasteiger partial charge in [-0.05, 0) is 42.8 Å². The molecule has 3 aromatic rings. The maximum Gasteiger partial charge on any atom is 0.234 e. The Balaban J connectivity index is 1.63. The summed E-state index contributed by atoms with van der Waals surface area (Å²) in [6.45, 7) is 6.67. The van der Waals surface area contributed by atoms with Gasteiger partial charge in [0, 0.05) is 28.0 Å². The van der Waals surface area contributed by atoms with Gasteiger partial charge < -0.3 is 15.2 Å². The van der Waals surface area contributed by atoms with Crippen LogP contribution in [0.1, 0.15) is 11.4 Å². The largest absolute Gasteiger partial charge is 0.378 e. The van der Waals surface area contributed by atoms with Crippen LogP contribution in [0.15, 0.2) is 60.3 Å². The van der Waals surface area contributed by atoms with Gasteiger partial charge in [-0.1, -0.05) is 53.2 Å². The van der Waals surface area contributed by atoms with Crippen molar-refractivity contribution in [2.45, 2.75) is 25.2 Å². The molecule has 1 amide bonds. The Morgan fingerprint density at radius 3 is 2.80 bits per heavy atom. The van der Waals surface area contributed by atoms with Crippen molar-refractivity contribution in [2.24, 2.45) is 0 Å². The average molecular weight is 462 g/mol. The number of amides is 1. The van der Waals surface area contributed by atoms with Gasteiger partial charge in [-0.2, -0.15) is 0 Å². The van der Waals surface area contributed by atoms with Gasteiger partial charge in [0.15, 0.2) is 11.0 Å². The number of carbonyl (C=O) groups is 1. The fourth-order valence-electron chi connectivity index (χ4n) is 2.71. The number of rotatable bonds is 9. The average Bonchev–Trinajstić information content (AvgIpc) is 3.10. The van der Waals surface area contributed by atoms with E-state index in [0.717, 1.165) is 17.1 Å². The quantitative estimate of drug-likeness (QED) is 0.328. The molecule has 0 saturated carbocycles. The van der Waals surface area contributed by atoms with Crippen molar-refractivity contribution < 1.29 is 4.79 Å². The van der Waals surface area contributed by atoms with Crippen LogP contribution in [0.4, 0.5) is 11.4 Å².